The van der Waals surface area contributed by atoms with Crippen LogP contribution in [-0.2, 0) is 0 Å². The molecule has 0 saturated carbocycles. The molecule has 4 nitrogen and oxygen atoms in total. The second-order valence-corrected chi connectivity index (χ2v) is 5.92. The van der Waals surface area contributed by atoms with E-state index in [0.717, 1.165) is 5.75 Å². The largest absolute Gasteiger partial charge is 0.409 e. The minimum absolute atomic E-state index is 0.0418. The molecule has 106 valence electrons. The summed E-state index contributed by atoms with van der Waals surface area (Å²) in [5.41, 5.74) is 5.15. The van der Waals surface area contributed by atoms with Crippen LogP contribution in [0.5, 0.6) is 0 Å². The number of nitrogens with two attached hydrogens (primary N) is 1. The third-order valence-corrected chi connectivity index (χ3v) is 4.64. The molecule has 0 aliphatic carbocycles. The maximum atomic E-state index is 12.8. The van der Waals surface area contributed by atoms with Crippen molar-refractivity contribution in [1.29, 1.82) is 0 Å². The number of alkyl halides is 3. The number of amidine groups is 1. The second kappa shape index (κ2) is 6.01. The Morgan fingerprint density at radius 1 is 1.56 bits per heavy atom. The Kier molecular flexibility index (Phi) is 5.15. The number of hydrogen-bond acceptors (Lipinski definition) is 4. The van der Waals surface area contributed by atoms with Crippen molar-refractivity contribution in [2.45, 2.75) is 31.3 Å². The predicted molar refractivity (Wildman–Crippen MR) is 65.9 cm³/mol. The zero-order valence-electron chi connectivity index (χ0n) is 10.3. The molecule has 1 rings (SSSR count). The van der Waals surface area contributed by atoms with Crippen LogP contribution >= 0.6 is 11.8 Å². The van der Waals surface area contributed by atoms with Gasteiger partial charge in [-0.25, -0.2) is 0 Å². The maximum Gasteiger partial charge on any atom is 0.400 e. The van der Waals surface area contributed by atoms with E-state index in [-0.39, 0.29) is 17.8 Å². The second-order valence-electron chi connectivity index (χ2n) is 4.43. The van der Waals surface area contributed by atoms with E-state index in [2.05, 4.69) is 5.16 Å². The smallest absolute Gasteiger partial charge is 0.400 e. The van der Waals surface area contributed by atoms with E-state index < -0.39 is 17.9 Å². The van der Waals surface area contributed by atoms with Crippen LogP contribution in [0.2, 0.25) is 0 Å². The van der Waals surface area contributed by atoms with Crippen LogP contribution < -0.4 is 5.73 Å². The molecule has 0 bridgehead atoms. The molecule has 1 saturated heterocycles. The third-order valence-electron chi connectivity index (χ3n) is 3.30. The molecule has 0 aromatic rings. The molecule has 0 aromatic carbocycles. The highest BCUT2D eigenvalue weighted by Gasteiger charge is 2.44. The molecule has 8 heteroatoms. The minimum Gasteiger partial charge on any atom is -0.409 e. The summed E-state index contributed by atoms with van der Waals surface area (Å²) in [6.07, 6.45) is -4.50. The summed E-state index contributed by atoms with van der Waals surface area (Å²) in [5, 5.41) is 11.2. The fourth-order valence-corrected chi connectivity index (χ4v) is 3.08. The van der Waals surface area contributed by atoms with Gasteiger partial charge in [0.2, 0.25) is 0 Å². The molecule has 3 unspecified atom stereocenters. The van der Waals surface area contributed by atoms with Crippen LogP contribution in [0, 0.1) is 5.92 Å². The zero-order chi connectivity index (χ0) is 13.9. The van der Waals surface area contributed by atoms with E-state index in [1.165, 1.54) is 0 Å². The van der Waals surface area contributed by atoms with Crippen LogP contribution in [0.25, 0.3) is 0 Å². The van der Waals surface area contributed by atoms with Crippen molar-refractivity contribution in [3.8, 4) is 0 Å². The van der Waals surface area contributed by atoms with E-state index in [1.807, 2.05) is 13.8 Å². The van der Waals surface area contributed by atoms with Gasteiger partial charge in [-0.2, -0.15) is 24.9 Å². The Morgan fingerprint density at radius 3 is 2.67 bits per heavy atom. The SMILES string of the molecule is CC1SCCN(CC(C(N)=NO)C(F)(F)F)C1C. The molecule has 0 spiro atoms. The first-order valence-corrected chi connectivity index (χ1v) is 6.72. The lowest BCUT2D eigenvalue weighted by Gasteiger charge is -2.39. The molecule has 18 heavy (non-hydrogen) atoms. The van der Waals surface area contributed by atoms with Gasteiger partial charge in [0.15, 0.2) is 5.84 Å². The van der Waals surface area contributed by atoms with Crippen molar-refractivity contribution < 1.29 is 18.4 Å². The lowest BCUT2D eigenvalue weighted by atomic mass is 10.1. The molecular formula is C10H18F3N3OS. The molecule has 0 aromatic heterocycles. The number of oxime groups is 1. The summed E-state index contributed by atoms with van der Waals surface area (Å²) in [4.78, 5) is 1.75. The lowest BCUT2D eigenvalue weighted by Crippen LogP contribution is -2.51. The van der Waals surface area contributed by atoms with Crippen molar-refractivity contribution in [2.75, 3.05) is 18.8 Å². The molecule has 0 amide bonds. The Labute approximate surface area is 108 Å². The molecule has 0 radical (unpaired) electrons. The maximum absolute atomic E-state index is 12.8. The summed E-state index contributed by atoms with van der Waals surface area (Å²) in [6, 6.07) is 0.0418. The number of rotatable bonds is 3. The van der Waals surface area contributed by atoms with Gasteiger partial charge in [-0.3, -0.25) is 4.90 Å². The summed E-state index contributed by atoms with van der Waals surface area (Å²) < 4.78 is 38.5. The summed E-state index contributed by atoms with van der Waals surface area (Å²) in [6.45, 7) is 4.22. The van der Waals surface area contributed by atoms with E-state index in [4.69, 9.17) is 10.9 Å². The van der Waals surface area contributed by atoms with Crippen molar-refractivity contribution in [1.82, 2.24) is 4.90 Å². The van der Waals surface area contributed by atoms with Gasteiger partial charge in [-0.1, -0.05) is 12.1 Å². The average molecular weight is 285 g/mol. The molecule has 1 heterocycles. The topological polar surface area (TPSA) is 61.8 Å². The number of nitrogens with zero attached hydrogens (tertiary/aromatic N) is 2. The van der Waals surface area contributed by atoms with Gasteiger partial charge in [0.1, 0.15) is 5.92 Å². The molecule has 1 aliphatic rings. The first kappa shape index (κ1) is 15.4. The first-order valence-electron chi connectivity index (χ1n) is 5.67. The van der Waals surface area contributed by atoms with Crippen LogP contribution in [0.15, 0.2) is 5.16 Å². The van der Waals surface area contributed by atoms with Crippen molar-refractivity contribution >= 4 is 17.6 Å². The highest BCUT2D eigenvalue weighted by molar-refractivity contribution is 8.00. The molecule has 3 atom stereocenters. The minimum atomic E-state index is -4.50. The molecule has 3 N–H and O–H groups in total. The number of halogens is 3. The lowest BCUT2D eigenvalue weighted by molar-refractivity contribution is -0.161. The van der Waals surface area contributed by atoms with E-state index >= 15 is 0 Å². The standard InChI is InChI=1S/C10H18F3N3OS/c1-6-7(2)18-4-3-16(6)5-8(9(14)15-17)10(11,12)13/h6-8,17H,3-5H2,1-2H3,(H2,14,15). The van der Waals surface area contributed by atoms with Gasteiger partial charge >= 0.3 is 6.18 Å². The summed E-state index contributed by atoms with van der Waals surface area (Å²) in [7, 11) is 0. The van der Waals surface area contributed by atoms with Crippen molar-refractivity contribution in [3.05, 3.63) is 0 Å². The third kappa shape index (κ3) is 3.68. The van der Waals surface area contributed by atoms with Gasteiger partial charge in [0, 0.05) is 30.1 Å². The predicted octanol–water partition coefficient (Wildman–Crippen LogP) is 1.74. The monoisotopic (exact) mass is 285 g/mol. The molecular weight excluding hydrogens is 267 g/mol. The van der Waals surface area contributed by atoms with Gasteiger partial charge in [0.25, 0.3) is 0 Å². The number of thioether (sulfide) groups is 1. The van der Waals surface area contributed by atoms with Crippen molar-refractivity contribution in [2.24, 2.45) is 16.8 Å². The van der Waals surface area contributed by atoms with Crippen molar-refractivity contribution in [3.63, 3.8) is 0 Å². The first-order chi connectivity index (χ1) is 8.27. The quantitative estimate of drug-likeness (QED) is 0.359. The summed E-state index contributed by atoms with van der Waals surface area (Å²) in [5.74, 6) is -1.90. The Hall–Kier alpha value is -0.630. The highest BCUT2D eigenvalue weighted by atomic mass is 32.2. The Morgan fingerprint density at radius 2 is 2.17 bits per heavy atom. The highest BCUT2D eigenvalue weighted by Crippen LogP contribution is 2.30. The Balaban J connectivity index is 2.78. The van der Waals surface area contributed by atoms with Crippen LogP contribution in [-0.4, -0.2) is 52.3 Å². The van der Waals surface area contributed by atoms with E-state index in [1.54, 1.807) is 16.7 Å². The van der Waals surface area contributed by atoms with Gasteiger partial charge in [0.05, 0.1) is 0 Å². The normalized spacial score (nSPS) is 29.3. The Bertz CT molecular complexity index is 311. The van der Waals surface area contributed by atoms with Gasteiger partial charge < -0.3 is 10.9 Å². The van der Waals surface area contributed by atoms with E-state index in [0.29, 0.717) is 6.54 Å². The van der Waals surface area contributed by atoms with Gasteiger partial charge in [-0.05, 0) is 6.92 Å². The zero-order valence-corrected chi connectivity index (χ0v) is 11.1. The summed E-state index contributed by atoms with van der Waals surface area (Å²) >= 11 is 1.74. The van der Waals surface area contributed by atoms with E-state index in [9.17, 15) is 13.2 Å². The fourth-order valence-electron chi connectivity index (χ4n) is 1.92. The van der Waals surface area contributed by atoms with Crippen LogP contribution in [0.1, 0.15) is 13.8 Å². The van der Waals surface area contributed by atoms with Crippen LogP contribution in [0.3, 0.4) is 0 Å². The fraction of sp³-hybridized carbons (Fsp3) is 0.900. The average Bonchev–Trinajstić information content (AvgIpc) is 2.28. The number of hydrogen-bond donors (Lipinski definition) is 2. The molecule has 1 aliphatic heterocycles. The van der Waals surface area contributed by atoms with Gasteiger partial charge in [-0.15, -0.1) is 0 Å². The van der Waals surface area contributed by atoms with Crippen LogP contribution in [0.4, 0.5) is 13.2 Å². The molecule has 1 fully saturated rings.